The molecule has 4 heterocycles. The summed E-state index contributed by atoms with van der Waals surface area (Å²) in [7, 11) is -1.25. The van der Waals surface area contributed by atoms with Crippen LogP contribution in [0.3, 0.4) is 0 Å². The molecule has 44 heavy (non-hydrogen) atoms. The Hall–Kier alpha value is -3.78. The lowest BCUT2D eigenvalue weighted by Crippen LogP contribution is -2.46. The van der Waals surface area contributed by atoms with Gasteiger partial charge in [-0.15, -0.1) is 5.10 Å². The van der Waals surface area contributed by atoms with Gasteiger partial charge in [-0.1, -0.05) is 24.3 Å². The predicted molar refractivity (Wildman–Crippen MR) is 164 cm³/mol. The Morgan fingerprint density at radius 2 is 2.00 bits per heavy atom. The van der Waals surface area contributed by atoms with E-state index in [2.05, 4.69) is 10.3 Å². The van der Waals surface area contributed by atoms with Crippen molar-refractivity contribution in [2.75, 3.05) is 36.7 Å². The molecule has 2 N–H and O–H groups in total. The van der Waals surface area contributed by atoms with Crippen LogP contribution in [-0.4, -0.2) is 78.2 Å². The van der Waals surface area contributed by atoms with Gasteiger partial charge in [-0.3, -0.25) is 14.4 Å². The molecule has 0 saturated carbocycles. The van der Waals surface area contributed by atoms with Gasteiger partial charge in [0.1, 0.15) is 12.4 Å². The highest BCUT2D eigenvalue weighted by Gasteiger charge is 2.66. The van der Waals surface area contributed by atoms with Gasteiger partial charge in [-0.05, 0) is 55.4 Å². The second-order valence-corrected chi connectivity index (χ2v) is 16.3. The van der Waals surface area contributed by atoms with E-state index < -0.39 is 20.0 Å². The van der Waals surface area contributed by atoms with Gasteiger partial charge >= 0.3 is 6.09 Å². The minimum atomic E-state index is -2.84. The van der Waals surface area contributed by atoms with E-state index in [1.54, 1.807) is 27.8 Å². The summed E-state index contributed by atoms with van der Waals surface area (Å²) >= 11 is 0. The summed E-state index contributed by atoms with van der Waals surface area (Å²) in [6.07, 6.45) is 1.96. The summed E-state index contributed by atoms with van der Waals surface area (Å²) in [6, 6.07) is 13.2. The van der Waals surface area contributed by atoms with E-state index in [1.165, 1.54) is 0 Å². The number of rotatable bonds is 10. The van der Waals surface area contributed by atoms with Crippen LogP contribution in [-0.2, 0) is 39.4 Å². The summed E-state index contributed by atoms with van der Waals surface area (Å²) in [5, 5.41) is 17.6. The highest BCUT2D eigenvalue weighted by molar-refractivity contribution is 6.71. The van der Waals surface area contributed by atoms with Crippen LogP contribution in [0.5, 0.6) is 5.75 Å². The third-order valence-electron chi connectivity index (χ3n) is 9.11. The fourth-order valence-corrected chi connectivity index (χ4v) is 9.78. The van der Waals surface area contributed by atoms with Crippen LogP contribution in [0.15, 0.2) is 48.7 Å². The van der Waals surface area contributed by atoms with Crippen LogP contribution in [0.1, 0.15) is 30.2 Å². The van der Waals surface area contributed by atoms with Gasteiger partial charge in [0.25, 0.3) is 5.91 Å². The molecule has 12 nitrogen and oxygen atoms in total. The number of aliphatic hydroxyl groups is 1. The molecule has 13 heteroatoms. The summed E-state index contributed by atoms with van der Waals surface area (Å²) in [4.78, 5) is 41.8. The van der Waals surface area contributed by atoms with Crippen molar-refractivity contribution in [3.05, 3.63) is 65.5 Å². The number of aryl methyl sites for hydroxylation is 1. The number of fused-ring (bicyclic) bond motifs is 2. The maximum Gasteiger partial charge on any atom is 0.414 e. The minimum Gasteiger partial charge on any atom is -0.497 e. The molecule has 1 aromatic heterocycles. The smallest absolute Gasteiger partial charge is 0.414 e. The van der Waals surface area contributed by atoms with Gasteiger partial charge in [0.05, 0.1) is 37.7 Å². The first kappa shape index (κ1) is 30.3. The molecule has 234 valence electrons. The van der Waals surface area contributed by atoms with E-state index in [9.17, 15) is 19.5 Å². The van der Waals surface area contributed by atoms with Crippen LogP contribution < -0.4 is 14.5 Å². The highest BCUT2D eigenvalue weighted by atomic mass is 28.4. The van der Waals surface area contributed by atoms with E-state index in [0.29, 0.717) is 44.0 Å². The monoisotopic (exact) mass is 621 g/mol. The zero-order chi connectivity index (χ0) is 31.2. The second-order valence-electron chi connectivity index (χ2n) is 12.3. The number of ether oxygens (including phenoxy) is 3. The van der Waals surface area contributed by atoms with E-state index in [0.717, 1.165) is 22.5 Å². The molecule has 1 spiro atoms. The third-order valence-corrected chi connectivity index (χ3v) is 11.6. The van der Waals surface area contributed by atoms with Gasteiger partial charge in [-0.25, -0.2) is 4.79 Å². The van der Waals surface area contributed by atoms with Gasteiger partial charge < -0.3 is 29.0 Å². The minimum absolute atomic E-state index is 0.00654. The molecule has 3 aliphatic rings. The van der Waals surface area contributed by atoms with Crippen LogP contribution in [0.4, 0.5) is 16.2 Å². The first-order valence-electron chi connectivity index (χ1n) is 15.0. The maximum atomic E-state index is 14.7. The number of aliphatic hydroxyl groups excluding tert-OH is 1. The molecule has 2 fully saturated rings. The SMILES string of the molecule is COc1ccc2c(c1)[C@@]1(O[C@H](CCn3cc(CCO)nn3)[C@@H]([Si](C)(C)O)[C@@H]1C)C(=O)N2Cc1cccc(N2CCOC2=O)c1. The quantitative estimate of drug-likeness (QED) is 0.327. The lowest BCUT2D eigenvalue weighted by atomic mass is 9.82. The number of methoxy groups -OCH3 is 1. The molecule has 0 aliphatic carbocycles. The Labute approximate surface area is 257 Å². The van der Waals surface area contributed by atoms with Crippen LogP contribution >= 0.6 is 0 Å². The molecule has 4 atom stereocenters. The fourth-order valence-electron chi connectivity index (χ4n) is 7.18. The highest BCUT2D eigenvalue weighted by Crippen LogP contribution is 2.60. The molecule has 3 aliphatic heterocycles. The van der Waals surface area contributed by atoms with Crippen molar-refractivity contribution in [3.8, 4) is 5.75 Å². The van der Waals surface area contributed by atoms with E-state index in [-0.39, 0.29) is 36.6 Å². The zero-order valence-corrected chi connectivity index (χ0v) is 26.5. The largest absolute Gasteiger partial charge is 0.497 e. The number of carbonyl (C=O) groups is 2. The lowest BCUT2D eigenvalue weighted by Gasteiger charge is -2.32. The summed E-state index contributed by atoms with van der Waals surface area (Å²) in [5.41, 5.74) is 2.18. The van der Waals surface area contributed by atoms with Crippen molar-refractivity contribution in [3.63, 3.8) is 0 Å². The standard InChI is InChI=1S/C31H39N5O7Si/c1-20-28(44(3,4)40)27(10-12-34-19-22(11-14-37)32-33-34)43-31(20)25-17-24(41-2)8-9-26(25)36(29(31)38)18-21-6-5-7-23(16-21)35-13-15-42-30(35)39/h5-9,16-17,19-20,27-28,37,40H,10-15,18H2,1-4H3/t20-,27+,28-,31+/m0/s1. The van der Waals surface area contributed by atoms with E-state index >= 15 is 0 Å². The number of hydrogen-bond acceptors (Lipinski definition) is 9. The summed E-state index contributed by atoms with van der Waals surface area (Å²) in [6.45, 7) is 7.38. The fraction of sp³-hybridized carbons (Fsp3) is 0.484. The molecular weight excluding hydrogens is 582 g/mol. The third kappa shape index (κ3) is 5.17. The zero-order valence-electron chi connectivity index (χ0n) is 25.5. The second kappa shape index (κ2) is 11.6. The molecule has 2 aromatic carbocycles. The van der Waals surface area contributed by atoms with Gasteiger partial charge in [0, 0.05) is 48.5 Å². The average Bonchev–Trinajstić information content (AvgIpc) is 3.75. The van der Waals surface area contributed by atoms with Crippen molar-refractivity contribution in [1.29, 1.82) is 0 Å². The van der Waals surface area contributed by atoms with Crippen LogP contribution in [0.2, 0.25) is 18.6 Å². The molecule has 2 amide bonds. The van der Waals surface area contributed by atoms with Crippen molar-refractivity contribution >= 4 is 31.7 Å². The van der Waals surface area contributed by atoms with Crippen molar-refractivity contribution in [1.82, 2.24) is 15.0 Å². The molecule has 2 saturated heterocycles. The Morgan fingerprint density at radius 3 is 2.70 bits per heavy atom. The molecule has 3 aromatic rings. The number of cyclic esters (lactones) is 1. The van der Waals surface area contributed by atoms with Gasteiger partial charge in [0.2, 0.25) is 0 Å². The van der Waals surface area contributed by atoms with E-state index in [1.807, 2.05) is 62.5 Å². The molecular formula is C31H39N5O7Si. The number of hydrogen-bond donors (Lipinski definition) is 2. The number of anilines is 2. The van der Waals surface area contributed by atoms with Crippen LogP contribution in [0, 0.1) is 5.92 Å². The van der Waals surface area contributed by atoms with E-state index in [4.69, 9.17) is 14.2 Å². The lowest BCUT2D eigenvalue weighted by molar-refractivity contribution is -0.146. The number of carbonyl (C=O) groups excluding carboxylic acids is 2. The Balaban J connectivity index is 1.34. The van der Waals surface area contributed by atoms with Crippen molar-refractivity contribution in [2.24, 2.45) is 5.92 Å². The normalized spacial score (nSPS) is 24.8. The molecule has 0 unspecified atom stereocenters. The Bertz CT molecular complexity index is 1560. The van der Waals surface area contributed by atoms with Crippen molar-refractivity contribution < 1.29 is 33.7 Å². The summed E-state index contributed by atoms with van der Waals surface area (Å²) in [5.74, 6) is 0.104. The van der Waals surface area contributed by atoms with Crippen molar-refractivity contribution in [2.45, 2.75) is 63.2 Å². The van der Waals surface area contributed by atoms with Gasteiger partial charge in [-0.2, -0.15) is 0 Å². The number of nitrogens with zero attached hydrogens (tertiary/aromatic N) is 5. The molecule has 6 rings (SSSR count). The van der Waals surface area contributed by atoms with Gasteiger partial charge in [0.15, 0.2) is 13.9 Å². The Morgan fingerprint density at radius 1 is 1.18 bits per heavy atom. The average molecular weight is 622 g/mol. The number of benzene rings is 2. The predicted octanol–water partition coefficient (Wildman–Crippen LogP) is 3.21. The first-order chi connectivity index (χ1) is 21.1. The number of amides is 2. The molecule has 0 radical (unpaired) electrons. The maximum absolute atomic E-state index is 14.7. The topological polar surface area (TPSA) is 139 Å². The van der Waals surface area contributed by atoms with Crippen LogP contribution in [0.25, 0.3) is 0 Å². The first-order valence-corrected chi connectivity index (χ1v) is 18.0. The summed E-state index contributed by atoms with van der Waals surface area (Å²) < 4.78 is 19.3. The Kier molecular flexibility index (Phi) is 7.99. The number of aromatic nitrogens is 3. The molecule has 0 bridgehead atoms.